The molecule has 9 nitrogen and oxygen atoms in total. The Morgan fingerprint density at radius 1 is 1.00 bits per heavy atom. The molecule has 1 aliphatic heterocycles. The minimum absolute atomic E-state index is 0.0728. The summed E-state index contributed by atoms with van der Waals surface area (Å²) in [5, 5.41) is 4.34. The first kappa shape index (κ1) is 19.0. The van der Waals surface area contributed by atoms with E-state index in [4.69, 9.17) is 14.0 Å². The predicted molar refractivity (Wildman–Crippen MR) is 113 cm³/mol. The molecule has 0 aliphatic carbocycles. The van der Waals surface area contributed by atoms with Crippen LogP contribution in [0.5, 0.6) is 5.75 Å². The molecule has 2 aromatic carbocycles. The number of hydrogen-bond donors (Lipinski definition) is 0. The first-order chi connectivity index (χ1) is 15.2. The Morgan fingerprint density at radius 2 is 1.74 bits per heavy atom. The molecule has 0 N–H and O–H groups in total. The minimum Gasteiger partial charge on any atom is -0.497 e. The fourth-order valence-corrected chi connectivity index (χ4v) is 3.56. The van der Waals surface area contributed by atoms with Gasteiger partial charge in [-0.25, -0.2) is 4.98 Å². The highest BCUT2D eigenvalue weighted by molar-refractivity contribution is 5.95. The molecule has 0 bridgehead atoms. The van der Waals surface area contributed by atoms with Gasteiger partial charge in [0.05, 0.1) is 19.4 Å². The van der Waals surface area contributed by atoms with Gasteiger partial charge in [-0.15, -0.1) is 0 Å². The van der Waals surface area contributed by atoms with Crippen LogP contribution in [0.2, 0.25) is 0 Å². The third-order valence-corrected chi connectivity index (χ3v) is 5.19. The van der Waals surface area contributed by atoms with Crippen molar-refractivity contribution < 1.29 is 18.8 Å². The van der Waals surface area contributed by atoms with Crippen molar-refractivity contribution in [3.63, 3.8) is 0 Å². The third kappa shape index (κ3) is 3.34. The monoisotopic (exact) mass is 418 g/mol. The van der Waals surface area contributed by atoms with Gasteiger partial charge >= 0.3 is 0 Å². The summed E-state index contributed by atoms with van der Waals surface area (Å²) in [6, 6.07) is 14.3. The Kier molecular flexibility index (Phi) is 4.72. The number of anilines is 1. The summed E-state index contributed by atoms with van der Waals surface area (Å²) in [5.41, 5.74) is 2.38. The van der Waals surface area contributed by atoms with E-state index < -0.39 is 0 Å². The van der Waals surface area contributed by atoms with E-state index in [1.54, 1.807) is 60.5 Å². The average molecular weight is 418 g/mol. The highest BCUT2D eigenvalue weighted by atomic mass is 16.5. The summed E-state index contributed by atoms with van der Waals surface area (Å²) in [6.45, 7) is 1.07. The van der Waals surface area contributed by atoms with Crippen LogP contribution in [0, 0.1) is 0 Å². The van der Waals surface area contributed by atoms with E-state index in [-0.39, 0.29) is 23.8 Å². The smallest absolute Gasteiger partial charge is 0.271 e. The molecule has 5 rings (SSSR count). The highest BCUT2D eigenvalue weighted by Crippen LogP contribution is 2.26. The average Bonchev–Trinajstić information content (AvgIpc) is 3.25. The molecule has 1 aliphatic rings. The maximum Gasteiger partial charge on any atom is 0.271 e. The zero-order chi connectivity index (χ0) is 21.4. The van der Waals surface area contributed by atoms with Gasteiger partial charge in [-0.05, 0) is 48.5 Å². The second-order valence-electron chi connectivity index (χ2n) is 6.97. The lowest BCUT2D eigenvalue weighted by molar-refractivity contribution is -0.125. The van der Waals surface area contributed by atoms with Crippen LogP contribution in [-0.2, 0) is 9.53 Å². The predicted octanol–water partition coefficient (Wildman–Crippen LogP) is 2.41. The van der Waals surface area contributed by atoms with E-state index >= 15 is 0 Å². The van der Waals surface area contributed by atoms with Crippen LogP contribution in [0.3, 0.4) is 0 Å². The lowest BCUT2D eigenvalue weighted by Gasteiger charge is -2.26. The number of aromatic nitrogens is 3. The molecule has 31 heavy (non-hydrogen) atoms. The molecule has 0 unspecified atom stereocenters. The molecule has 2 aromatic heterocycles. The Morgan fingerprint density at radius 3 is 2.45 bits per heavy atom. The van der Waals surface area contributed by atoms with E-state index in [9.17, 15) is 9.59 Å². The maximum atomic E-state index is 13.3. The molecule has 9 heteroatoms. The van der Waals surface area contributed by atoms with E-state index in [2.05, 4.69) is 10.1 Å². The Labute approximate surface area is 176 Å². The zero-order valence-electron chi connectivity index (χ0n) is 16.6. The van der Waals surface area contributed by atoms with Crippen LogP contribution in [0.15, 0.2) is 64.2 Å². The highest BCUT2D eigenvalue weighted by Gasteiger charge is 2.21. The van der Waals surface area contributed by atoms with Crippen molar-refractivity contribution in [2.45, 2.75) is 0 Å². The number of hydrogen-bond acceptors (Lipinski definition) is 7. The molecule has 3 heterocycles. The van der Waals surface area contributed by atoms with Crippen LogP contribution < -0.4 is 15.2 Å². The number of nitrogens with zero attached hydrogens (tertiary/aromatic N) is 4. The van der Waals surface area contributed by atoms with Crippen LogP contribution >= 0.6 is 0 Å². The van der Waals surface area contributed by atoms with Crippen LogP contribution in [0.25, 0.3) is 28.0 Å². The van der Waals surface area contributed by atoms with Gasteiger partial charge in [-0.1, -0.05) is 5.16 Å². The Bertz CT molecular complexity index is 1310. The van der Waals surface area contributed by atoms with Crippen molar-refractivity contribution in [1.82, 2.24) is 14.7 Å². The molecule has 156 valence electrons. The Balaban J connectivity index is 1.54. The molecule has 1 saturated heterocycles. The van der Waals surface area contributed by atoms with E-state index in [0.29, 0.717) is 35.7 Å². The van der Waals surface area contributed by atoms with Gasteiger partial charge in [0.2, 0.25) is 0 Å². The van der Waals surface area contributed by atoms with E-state index in [1.165, 1.54) is 10.9 Å². The number of carbonyl (C=O) groups is 1. The van der Waals surface area contributed by atoms with Crippen molar-refractivity contribution in [2.24, 2.45) is 0 Å². The van der Waals surface area contributed by atoms with Gasteiger partial charge in [0.25, 0.3) is 17.2 Å². The molecule has 4 aromatic rings. The first-order valence-electron chi connectivity index (χ1n) is 9.66. The van der Waals surface area contributed by atoms with E-state index in [0.717, 1.165) is 11.3 Å². The summed E-state index contributed by atoms with van der Waals surface area (Å²) in [5.74, 6) is 0.610. The summed E-state index contributed by atoms with van der Waals surface area (Å²) in [6.07, 6.45) is 1.41. The number of benzene rings is 2. The minimum atomic E-state index is -0.299. The molecule has 0 atom stereocenters. The molecular weight excluding hydrogens is 400 g/mol. The number of amides is 1. The summed E-state index contributed by atoms with van der Waals surface area (Å²) in [4.78, 5) is 31.2. The normalized spacial score (nSPS) is 14.2. The number of ether oxygens (including phenoxy) is 2. The quantitative estimate of drug-likeness (QED) is 0.502. The van der Waals surface area contributed by atoms with Crippen molar-refractivity contribution in [2.75, 3.05) is 31.8 Å². The summed E-state index contributed by atoms with van der Waals surface area (Å²) >= 11 is 0. The number of fused-ring (bicyclic) bond motifs is 1. The van der Waals surface area contributed by atoms with Crippen LogP contribution in [0.1, 0.15) is 0 Å². The van der Waals surface area contributed by atoms with Gasteiger partial charge in [-0.3, -0.25) is 14.2 Å². The maximum absolute atomic E-state index is 13.3. The fraction of sp³-hybridized carbons (Fsp3) is 0.182. The molecule has 1 amide bonds. The largest absolute Gasteiger partial charge is 0.497 e. The summed E-state index contributed by atoms with van der Waals surface area (Å²) in [7, 11) is 1.59. The fourth-order valence-electron chi connectivity index (χ4n) is 3.56. The van der Waals surface area contributed by atoms with Gasteiger partial charge in [0, 0.05) is 17.8 Å². The number of carbonyl (C=O) groups excluding carboxylic acids is 1. The van der Waals surface area contributed by atoms with Crippen LogP contribution in [-0.4, -0.2) is 47.5 Å². The molecule has 0 saturated carbocycles. The zero-order valence-corrected chi connectivity index (χ0v) is 16.6. The lowest BCUT2D eigenvalue weighted by Crippen LogP contribution is -2.41. The van der Waals surface area contributed by atoms with Crippen molar-refractivity contribution in [1.29, 1.82) is 0 Å². The molecule has 0 spiro atoms. The molecule has 0 radical (unpaired) electrons. The SMILES string of the molecule is COc1ccc(-c2noc3ncn(-c4ccc(N5CCOCC5=O)cc4)c(=O)c23)cc1. The summed E-state index contributed by atoms with van der Waals surface area (Å²) < 4.78 is 17.1. The number of methoxy groups -OCH3 is 1. The standard InChI is InChI=1S/C22H18N4O5/c1-29-17-8-2-14(3-9-17)20-19-21(31-24-20)23-13-26(22(19)28)16-6-4-15(5-7-16)25-10-11-30-12-18(25)27/h2-9,13H,10-12H2,1H3. The lowest BCUT2D eigenvalue weighted by atomic mass is 10.1. The number of morpholine rings is 1. The molecule has 1 fully saturated rings. The van der Waals surface area contributed by atoms with Gasteiger partial charge in [0.1, 0.15) is 29.8 Å². The third-order valence-electron chi connectivity index (χ3n) is 5.19. The second kappa shape index (κ2) is 7.69. The first-order valence-corrected chi connectivity index (χ1v) is 9.66. The van der Waals surface area contributed by atoms with Crippen molar-refractivity contribution >= 4 is 22.7 Å². The second-order valence-corrected chi connectivity index (χ2v) is 6.97. The van der Waals surface area contributed by atoms with E-state index in [1.807, 2.05) is 0 Å². The van der Waals surface area contributed by atoms with Crippen molar-refractivity contribution in [3.05, 3.63) is 65.2 Å². The topological polar surface area (TPSA) is 99.7 Å². The van der Waals surface area contributed by atoms with Gasteiger partial charge in [0.15, 0.2) is 0 Å². The van der Waals surface area contributed by atoms with Gasteiger partial charge in [-0.2, -0.15) is 0 Å². The molecular formula is C22H18N4O5. The van der Waals surface area contributed by atoms with Crippen molar-refractivity contribution in [3.8, 4) is 22.7 Å². The van der Waals surface area contributed by atoms with Gasteiger partial charge < -0.3 is 18.9 Å². The number of rotatable bonds is 4. The Hall–Kier alpha value is -3.98. The van der Waals surface area contributed by atoms with Crippen LogP contribution in [0.4, 0.5) is 5.69 Å².